The predicted molar refractivity (Wildman–Crippen MR) is 135 cm³/mol. The van der Waals surface area contributed by atoms with E-state index < -0.39 is 32.5 Å². The average Bonchev–Trinajstić information content (AvgIpc) is 2.84. The highest BCUT2D eigenvalue weighted by molar-refractivity contribution is 7.92. The van der Waals surface area contributed by atoms with E-state index in [1.54, 1.807) is 12.1 Å². The number of hydrogen-bond acceptors (Lipinski definition) is 5. The zero-order valence-corrected chi connectivity index (χ0v) is 21.3. The summed E-state index contributed by atoms with van der Waals surface area (Å²) in [6.07, 6.45) is -2.22. The lowest BCUT2D eigenvalue weighted by Gasteiger charge is -2.41. The molecular formula is C26H28F4N4O2S. The van der Waals surface area contributed by atoms with Gasteiger partial charge in [0.15, 0.2) is 5.82 Å². The topological polar surface area (TPSA) is 65.5 Å². The van der Waals surface area contributed by atoms with Gasteiger partial charge in [-0.15, -0.1) is 0 Å². The molecule has 1 aliphatic heterocycles. The highest BCUT2D eigenvalue weighted by Crippen LogP contribution is 2.35. The molecular weight excluding hydrogens is 508 g/mol. The van der Waals surface area contributed by atoms with Crippen molar-refractivity contribution < 1.29 is 26.0 Å². The van der Waals surface area contributed by atoms with E-state index >= 15 is 0 Å². The zero-order valence-electron chi connectivity index (χ0n) is 20.5. The van der Waals surface area contributed by atoms with Crippen LogP contribution in [-0.2, 0) is 16.2 Å². The summed E-state index contributed by atoms with van der Waals surface area (Å²) in [6.45, 7) is 7.09. The van der Waals surface area contributed by atoms with Crippen LogP contribution in [0.25, 0.3) is 11.1 Å². The van der Waals surface area contributed by atoms with Gasteiger partial charge in [-0.25, -0.2) is 17.8 Å². The molecule has 6 nitrogen and oxygen atoms in total. The van der Waals surface area contributed by atoms with E-state index in [2.05, 4.69) is 21.5 Å². The number of sulfonamides is 1. The summed E-state index contributed by atoms with van der Waals surface area (Å²) < 4.78 is 83.1. The quantitative estimate of drug-likeness (QED) is 0.397. The lowest BCUT2D eigenvalue weighted by Crippen LogP contribution is -2.52. The second-order valence-electron chi connectivity index (χ2n) is 9.05. The molecule has 3 aromatic rings. The molecule has 2 aromatic carbocycles. The minimum atomic E-state index is -4.70. The molecule has 1 N–H and O–H groups in total. The van der Waals surface area contributed by atoms with Crippen LogP contribution in [0.5, 0.6) is 0 Å². The largest absolute Gasteiger partial charge is 0.416 e. The van der Waals surface area contributed by atoms with Gasteiger partial charge in [0.05, 0.1) is 16.1 Å². The van der Waals surface area contributed by atoms with Crippen LogP contribution in [0.4, 0.5) is 29.1 Å². The molecule has 2 heterocycles. The molecule has 198 valence electrons. The molecule has 1 aliphatic rings. The van der Waals surface area contributed by atoms with Gasteiger partial charge in [0, 0.05) is 43.0 Å². The van der Waals surface area contributed by atoms with Gasteiger partial charge in [0.25, 0.3) is 10.0 Å². The van der Waals surface area contributed by atoms with Crippen molar-refractivity contribution in [2.45, 2.75) is 37.4 Å². The Bertz CT molecular complexity index is 1360. The number of aromatic nitrogens is 1. The number of piperazine rings is 1. The fraction of sp³-hybridized carbons (Fsp3) is 0.346. The van der Waals surface area contributed by atoms with E-state index in [0.29, 0.717) is 24.0 Å². The van der Waals surface area contributed by atoms with Gasteiger partial charge in [-0.3, -0.25) is 9.62 Å². The molecule has 1 atom stereocenters. The maximum absolute atomic E-state index is 14.5. The summed E-state index contributed by atoms with van der Waals surface area (Å²) in [5, 5.41) is 0. The van der Waals surface area contributed by atoms with Crippen LogP contribution in [0, 0.1) is 5.82 Å². The third kappa shape index (κ3) is 6.04. The predicted octanol–water partition coefficient (Wildman–Crippen LogP) is 5.63. The molecule has 0 spiro atoms. The van der Waals surface area contributed by atoms with Gasteiger partial charge in [-0.2, -0.15) is 13.2 Å². The van der Waals surface area contributed by atoms with Crippen molar-refractivity contribution in [1.82, 2.24) is 9.88 Å². The first-order chi connectivity index (χ1) is 17.5. The zero-order chi connectivity index (χ0) is 26.8. The van der Waals surface area contributed by atoms with E-state index in [1.807, 2.05) is 11.8 Å². The number of hydrogen-bond donors (Lipinski definition) is 1. The van der Waals surface area contributed by atoms with Crippen LogP contribution in [-0.4, -0.2) is 50.5 Å². The summed E-state index contributed by atoms with van der Waals surface area (Å²) >= 11 is 0. The van der Waals surface area contributed by atoms with Gasteiger partial charge in [0.2, 0.25) is 0 Å². The Morgan fingerprint density at radius 3 is 2.51 bits per heavy atom. The van der Waals surface area contributed by atoms with Gasteiger partial charge in [-0.1, -0.05) is 31.2 Å². The first-order valence-corrected chi connectivity index (χ1v) is 13.4. The number of halogens is 4. The van der Waals surface area contributed by atoms with Crippen molar-refractivity contribution >= 4 is 21.5 Å². The molecule has 0 aliphatic carbocycles. The molecule has 0 amide bonds. The van der Waals surface area contributed by atoms with Gasteiger partial charge in [0.1, 0.15) is 5.82 Å². The van der Waals surface area contributed by atoms with E-state index in [9.17, 15) is 26.0 Å². The first kappa shape index (κ1) is 26.9. The van der Waals surface area contributed by atoms with Crippen molar-refractivity contribution in [1.29, 1.82) is 0 Å². The van der Waals surface area contributed by atoms with Crippen LogP contribution in [0.15, 0.2) is 65.7 Å². The third-order valence-electron chi connectivity index (χ3n) is 6.29. The number of benzene rings is 2. The van der Waals surface area contributed by atoms with E-state index in [-0.39, 0.29) is 17.3 Å². The first-order valence-electron chi connectivity index (χ1n) is 11.9. The average molecular weight is 537 g/mol. The molecule has 1 saturated heterocycles. The lowest BCUT2D eigenvalue weighted by molar-refractivity contribution is -0.137. The molecule has 0 radical (unpaired) electrons. The van der Waals surface area contributed by atoms with Crippen LogP contribution >= 0.6 is 0 Å². The maximum atomic E-state index is 14.5. The Morgan fingerprint density at radius 1 is 1.08 bits per heavy atom. The van der Waals surface area contributed by atoms with Crippen LogP contribution in [0.3, 0.4) is 0 Å². The number of alkyl halides is 3. The summed E-state index contributed by atoms with van der Waals surface area (Å²) in [4.78, 5) is 8.24. The highest BCUT2D eigenvalue weighted by Gasteiger charge is 2.32. The Balaban J connectivity index is 1.76. The van der Waals surface area contributed by atoms with Gasteiger partial charge >= 0.3 is 6.18 Å². The summed E-state index contributed by atoms with van der Waals surface area (Å²) in [6, 6.07) is 11.0. The summed E-state index contributed by atoms with van der Waals surface area (Å²) in [5.41, 5.74) is -0.453. The molecule has 11 heteroatoms. The molecule has 0 saturated carbocycles. The molecule has 0 bridgehead atoms. The molecule has 1 aromatic heterocycles. The SMILES string of the molecule is CCCN1CCN(c2ncc(-c3ccccc3F)cc2NS(=O)(=O)c2cccc(C(F)(F)F)c2)[C@H](C)C1. The van der Waals surface area contributed by atoms with Crippen molar-refractivity contribution in [3.63, 3.8) is 0 Å². The number of nitrogens with one attached hydrogen (secondary N) is 1. The molecule has 4 rings (SSSR count). The molecule has 1 fully saturated rings. The smallest absolute Gasteiger partial charge is 0.350 e. The fourth-order valence-corrected chi connectivity index (χ4v) is 5.61. The van der Waals surface area contributed by atoms with Crippen LogP contribution in [0.2, 0.25) is 0 Å². The normalized spacial score (nSPS) is 17.1. The number of rotatable bonds is 7. The Labute approximate surface area is 214 Å². The Morgan fingerprint density at radius 2 is 1.84 bits per heavy atom. The highest BCUT2D eigenvalue weighted by atomic mass is 32.2. The fourth-order valence-electron chi connectivity index (χ4n) is 4.51. The van der Waals surface area contributed by atoms with Gasteiger partial charge in [-0.05, 0) is 50.2 Å². The van der Waals surface area contributed by atoms with Gasteiger partial charge < -0.3 is 4.90 Å². The van der Waals surface area contributed by atoms with Crippen LogP contribution < -0.4 is 9.62 Å². The maximum Gasteiger partial charge on any atom is 0.416 e. The minimum Gasteiger partial charge on any atom is -0.350 e. The summed E-state index contributed by atoms with van der Waals surface area (Å²) in [7, 11) is -4.42. The molecule has 0 unspecified atom stereocenters. The standard InChI is InChI=1S/C26H28F4N4O2S/c1-3-11-33-12-13-34(18(2)17-33)25-24(14-19(16-31-25)22-9-4-5-10-23(22)27)32-37(35,36)21-8-6-7-20(15-21)26(28,29)30/h4-10,14-16,18,32H,3,11-13,17H2,1-2H3/t18-/m1/s1. The Kier molecular flexibility index (Phi) is 7.75. The monoisotopic (exact) mass is 536 g/mol. The van der Waals surface area contributed by atoms with Crippen molar-refractivity contribution in [2.75, 3.05) is 35.8 Å². The van der Waals surface area contributed by atoms with Crippen molar-refractivity contribution in [3.05, 3.63) is 72.2 Å². The number of pyridine rings is 1. The third-order valence-corrected chi connectivity index (χ3v) is 7.65. The lowest BCUT2D eigenvalue weighted by atomic mass is 10.1. The number of anilines is 2. The minimum absolute atomic E-state index is 0.0103. The van der Waals surface area contributed by atoms with E-state index in [4.69, 9.17) is 0 Å². The second-order valence-corrected chi connectivity index (χ2v) is 10.7. The summed E-state index contributed by atoms with van der Waals surface area (Å²) in [5.74, 6) is -0.176. The number of nitrogens with zero attached hydrogens (tertiary/aromatic N) is 3. The van der Waals surface area contributed by atoms with Crippen molar-refractivity contribution in [2.24, 2.45) is 0 Å². The second kappa shape index (κ2) is 10.7. The van der Waals surface area contributed by atoms with E-state index in [1.165, 1.54) is 24.4 Å². The van der Waals surface area contributed by atoms with Crippen molar-refractivity contribution in [3.8, 4) is 11.1 Å². The Hall–Kier alpha value is -3.18. The molecule has 37 heavy (non-hydrogen) atoms. The van der Waals surface area contributed by atoms with E-state index in [0.717, 1.165) is 44.3 Å². The van der Waals surface area contributed by atoms with Crippen LogP contribution in [0.1, 0.15) is 25.8 Å².